The highest BCUT2D eigenvalue weighted by molar-refractivity contribution is 6.33. The number of halogens is 1. The van der Waals surface area contributed by atoms with E-state index in [-0.39, 0.29) is 11.8 Å². The van der Waals surface area contributed by atoms with Gasteiger partial charge in [0.25, 0.3) is 11.8 Å². The van der Waals surface area contributed by atoms with Crippen LogP contribution in [0.5, 0.6) is 5.75 Å². The van der Waals surface area contributed by atoms with Gasteiger partial charge in [0, 0.05) is 26.2 Å². The zero-order valence-electron chi connectivity index (χ0n) is 17.8. The van der Waals surface area contributed by atoms with Crippen LogP contribution in [0.3, 0.4) is 0 Å². The molecule has 0 N–H and O–H groups in total. The second-order valence-electron chi connectivity index (χ2n) is 7.90. The van der Waals surface area contributed by atoms with Crippen molar-refractivity contribution in [2.45, 2.75) is 39.2 Å². The zero-order chi connectivity index (χ0) is 21.7. The predicted molar refractivity (Wildman–Crippen MR) is 119 cm³/mol. The largest absolute Gasteiger partial charge is 0.481 e. The normalized spacial score (nSPS) is 15.6. The fraction of sp³-hybridized carbons (Fsp3) is 0.417. The third-order valence-corrected chi connectivity index (χ3v) is 5.72. The molecular weight excluding hydrogens is 400 g/mol. The quantitative estimate of drug-likeness (QED) is 0.699. The lowest BCUT2D eigenvalue weighted by Crippen LogP contribution is -2.43. The van der Waals surface area contributed by atoms with Gasteiger partial charge in [0.2, 0.25) is 0 Å². The first-order valence-corrected chi connectivity index (χ1v) is 10.8. The van der Waals surface area contributed by atoms with Crippen LogP contribution in [-0.2, 0) is 4.79 Å². The second kappa shape index (κ2) is 9.98. The molecule has 5 nitrogen and oxygen atoms in total. The number of hydrogen-bond donors (Lipinski definition) is 0. The van der Waals surface area contributed by atoms with Gasteiger partial charge in [-0.2, -0.15) is 0 Å². The van der Waals surface area contributed by atoms with Crippen LogP contribution in [0.25, 0.3) is 0 Å². The van der Waals surface area contributed by atoms with Gasteiger partial charge in [0.15, 0.2) is 6.10 Å². The molecule has 2 aromatic carbocycles. The number of carbonyl (C=O) groups is 2. The molecule has 3 rings (SSSR count). The molecular formula is C24H29ClN2O3. The van der Waals surface area contributed by atoms with Gasteiger partial charge in [0.1, 0.15) is 5.75 Å². The van der Waals surface area contributed by atoms with E-state index in [1.54, 1.807) is 41.0 Å². The smallest absolute Gasteiger partial charge is 0.263 e. The summed E-state index contributed by atoms with van der Waals surface area (Å²) in [5.41, 5.74) is 1.59. The molecule has 1 aliphatic heterocycles. The van der Waals surface area contributed by atoms with E-state index >= 15 is 0 Å². The minimum absolute atomic E-state index is 0.0550. The maximum Gasteiger partial charge on any atom is 0.263 e. The first-order valence-electron chi connectivity index (χ1n) is 10.5. The van der Waals surface area contributed by atoms with Crippen molar-refractivity contribution in [3.63, 3.8) is 0 Å². The van der Waals surface area contributed by atoms with E-state index in [1.807, 2.05) is 24.3 Å². The van der Waals surface area contributed by atoms with Crippen molar-refractivity contribution in [1.29, 1.82) is 0 Å². The van der Waals surface area contributed by atoms with Crippen molar-refractivity contribution in [2.75, 3.05) is 26.2 Å². The molecule has 0 saturated carbocycles. The molecule has 30 heavy (non-hydrogen) atoms. The highest BCUT2D eigenvalue weighted by Gasteiger charge is 2.27. The number of benzene rings is 2. The van der Waals surface area contributed by atoms with Gasteiger partial charge in [-0.3, -0.25) is 9.59 Å². The molecule has 160 valence electrons. The average Bonchev–Trinajstić information content (AvgIpc) is 2.99. The maximum absolute atomic E-state index is 13.0. The Kier molecular flexibility index (Phi) is 7.38. The van der Waals surface area contributed by atoms with Gasteiger partial charge in [0.05, 0.1) is 10.6 Å². The summed E-state index contributed by atoms with van der Waals surface area (Å²) in [4.78, 5) is 29.4. The van der Waals surface area contributed by atoms with Crippen molar-refractivity contribution in [2.24, 2.45) is 0 Å². The van der Waals surface area contributed by atoms with Crippen LogP contribution >= 0.6 is 11.6 Å². The monoisotopic (exact) mass is 428 g/mol. The fourth-order valence-electron chi connectivity index (χ4n) is 3.71. The van der Waals surface area contributed by atoms with Crippen molar-refractivity contribution in [3.8, 4) is 5.75 Å². The summed E-state index contributed by atoms with van der Waals surface area (Å²) < 4.78 is 6.03. The van der Waals surface area contributed by atoms with Crippen LogP contribution in [0.1, 0.15) is 49.0 Å². The van der Waals surface area contributed by atoms with Crippen LogP contribution < -0.4 is 4.74 Å². The molecule has 1 aliphatic rings. The van der Waals surface area contributed by atoms with Gasteiger partial charge < -0.3 is 14.5 Å². The van der Waals surface area contributed by atoms with E-state index in [0.717, 1.165) is 17.7 Å². The highest BCUT2D eigenvalue weighted by atomic mass is 35.5. The van der Waals surface area contributed by atoms with E-state index in [1.165, 1.54) is 0 Å². The number of para-hydroxylation sites is 1. The first kappa shape index (κ1) is 22.2. The molecule has 1 saturated heterocycles. The number of amides is 2. The summed E-state index contributed by atoms with van der Waals surface area (Å²) in [5, 5.41) is 0.450. The third kappa shape index (κ3) is 5.14. The summed E-state index contributed by atoms with van der Waals surface area (Å²) in [6, 6.07) is 14.9. The van der Waals surface area contributed by atoms with E-state index < -0.39 is 6.10 Å². The summed E-state index contributed by atoms with van der Waals surface area (Å²) in [7, 11) is 0. The van der Waals surface area contributed by atoms with Gasteiger partial charge in [-0.15, -0.1) is 0 Å². The van der Waals surface area contributed by atoms with Crippen molar-refractivity contribution < 1.29 is 14.3 Å². The summed E-state index contributed by atoms with van der Waals surface area (Å²) in [6.07, 6.45) is 0.132. The van der Waals surface area contributed by atoms with Crippen molar-refractivity contribution in [1.82, 2.24) is 9.80 Å². The van der Waals surface area contributed by atoms with E-state index in [2.05, 4.69) is 13.8 Å². The Bertz CT molecular complexity index is 900. The molecule has 1 unspecified atom stereocenters. The number of nitrogens with zero attached hydrogens (tertiary/aromatic N) is 2. The minimum Gasteiger partial charge on any atom is -0.481 e. The summed E-state index contributed by atoms with van der Waals surface area (Å²) in [5.74, 6) is 0.912. The van der Waals surface area contributed by atoms with Gasteiger partial charge in [-0.05, 0) is 43.0 Å². The Balaban J connectivity index is 1.63. The SMILES string of the molecule is CC(Oc1ccccc1C(C)C)C(=O)N1CCCN(C(=O)c2ccccc2Cl)CC1. The Morgan fingerprint density at radius 3 is 2.27 bits per heavy atom. The van der Waals surface area contributed by atoms with Crippen molar-refractivity contribution in [3.05, 3.63) is 64.7 Å². The summed E-state index contributed by atoms with van der Waals surface area (Å²) >= 11 is 6.18. The van der Waals surface area contributed by atoms with Crippen LogP contribution in [-0.4, -0.2) is 53.9 Å². The highest BCUT2D eigenvalue weighted by Crippen LogP contribution is 2.27. The number of carbonyl (C=O) groups excluding carboxylic acids is 2. The standard InChI is InChI=1S/C24H29ClN2O3/c1-17(2)19-9-5-7-12-22(19)30-18(3)23(28)26-13-8-14-27(16-15-26)24(29)20-10-4-6-11-21(20)25/h4-7,9-12,17-18H,8,13-16H2,1-3H3. The van der Waals surface area contributed by atoms with Gasteiger partial charge in [-0.1, -0.05) is 55.8 Å². The lowest BCUT2D eigenvalue weighted by atomic mass is 10.0. The fourth-order valence-corrected chi connectivity index (χ4v) is 3.93. The number of rotatable bonds is 5. The van der Waals surface area contributed by atoms with Crippen LogP contribution in [0.4, 0.5) is 0 Å². The van der Waals surface area contributed by atoms with E-state index in [0.29, 0.717) is 42.7 Å². The Morgan fingerprint density at radius 2 is 1.53 bits per heavy atom. The minimum atomic E-state index is -0.587. The molecule has 2 amide bonds. The van der Waals surface area contributed by atoms with E-state index in [4.69, 9.17) is 16.3 Å². The van der Waals surface area contributed by atoms with Gasteiger partial charge >= 0.3 is 0 Å². The molecule has 1 atom stereocenters. The molecule has 2 aromatic rings. The molecule has 1 fully saturated rings. The molecule has 1 heterocycles. The zero-order valence-corrected chi connectivity index (χ0v) is 18.6. The Hall–Kier alpha value is -2.53. The molecule has 0 bridgehead atoms. The topological polar surface area (TPSA) is 49.9 Å². The number of hydrogen-bond acceptors (Lipinski definition) is 3. The maximum atomic E-state index is 13.0. The first-order chi connectivity index (χ1) is 14.4. The molecule has 6 heteroatoms. The van der Waals surface area contributed by atoms with E-state index in [9.17, 15) is 9.59 Å². The molecule has 0 spiro atoms. The Morgan fingerprint density at radius 1 is 0.900 bits per heavy atom. The number of ether oxygens (including phenoxy) is 1. The Labute approximate surface area is 183 Å². The van der Waals surface area contributed by atoms with Crippen LogP contribution in [0, 0.1) is 0 Å². The average molecular weight is 429 g/mol. The molecule has 0 aromatic heterocycles. The second-order valence-corrected chi connectivity index (χ2v) is 8.31. The lowest BCUT2D eigenvalue weighted by molar-refractivity contribution is -0.137. The van der Waals surface area contributed by atoms with Crippen LogP contribution in [0.2, 0.25) is 5.02 Å². The lowest BCUT2D eigenvalue weighted by Gasteiger charge is -2.26. The molecule has 0 aliphatic carbocycles. The van der Waals surface area contributed by atoms with Crippen molar-refractivity contribution >= 4 is 23.4 Å². The summed E-state index contributed by atoms with van der Waals surface area (Å²) in [6.45, 7) is 8.16. The van der Waals surface area contributed by atoms with Gasteiger partial charge in [-0.25, -0.2) is 0 Å². The molecule has 0 radical (unpaired) electrons. The third-order valence-electron chi connectivity index (χ3n) is 5.39. The van der Waals surface area contributed by atoms with Crippen LogP contribution in [0.15, 0.2) is 48.5 Å². The predicted octanol–water partition coefficient (Wildman–Crippen LogP) is 4.61.